The van der Waals surface area contributed by atoms with Gasteiger partial charge >= 0.3 is 0 Å². The van der Waals surface area contributed by atoms with Crippen molar-refractivity contribution in [2.24, 2.45) is 0 Å². The monoisotopic (exact) mass is 417 g/mol. The number of hydrogen-bond acceptors (Lipinski definition) is 2. The molecule has 5 heteroatoms. The standard InChI is InChI=1S/C25H24ClN3O/c1-3-22(25(30)27-17(2)18-10-6-4-7-11-18)29-23-15-14-20(26)16-21(23)24(28-29)19-12-8-5-9-13-19/h4-17,22H,3H2,1-2H3,(H,27,30)/t17-,22+/m1/s1. The van der Waals surface area contributed by atoms with Gasteiger partial charge in [-0.15, -0.1) is 0 Å². The van der Waals surface area contributed by atoms with Gasteiger partial charge in [0.15, 0.2) is 0 Å². The third-order valence-corrected chi connectivity index (χ3v) is 5.59. The van der Waals surface area contributed by atoms with E-state index in [9.17, 15) is 4.79 Å². The molecule has 1 amide bonds. The Bertz CT molecular complexity index is 1160. The van der Waals surface area contributed by atoms with Gasteiger partial charge in [0.25, 0.3) is 0 Å². The Labute approximate surface area is 181 Å². The fourth-order valence-corrected chi connectivity index (χ4v) is 3.94. The van der Waals surface area contributed by atoms with Crippen LogP contribution in [0.25, 0.3) is 22.2 Å². The number of benzene rings is 3. The fourth-order valence-electron chi connectivity index (χ4n) is 3.76. The van der Waals surface area contributed by atoms with Crippen molar-refractivity contribution in [2.45, 2.75) is 32.4 Å². The molecule has 0 spiro atoms. The van der Waals surface area contributed by atoms with Gasteiger partial charge in [-0.2, -0.15) is 5.10 Å². The first-order valence-electron chi connectivity index (χ1n) is 10.2. The van der Waals surface area contributed by atoms with Gasteiger partial charge in [-0.1, -0.05) is 79.2 Å². The molecule has 30 heavy (non-hydrogen) atoms. The summed E-state index contributed by atoms with van der Waals surface area (Å²) in [4.78, 5) is 13.2. The molecule has 0 aliphatic rings. The highest BCUT2D eigenvalue weighted by Crippen LogP contribution is 2.32. The quantitative estimate of drug-likeness (QED) is 0.407. The lowest BCUT2D eigenvalue weighted by Gasteiger charge is -2.20. The summed E-state index contributed by atoms with van der Waals surface area (Å²) in [5, 5.41) is 9.60. The molecule has 4 rings (SSSR count). The molecule has 0 radical (unpaired) electrons. The zero-order chi connectivity index (χ0) is 21.1. The summed E-state index contributed by atoms with van der Waals surface area (Å²) in [5.41, 5.74) is 3.79. The Morgan fingerprint density at radius 2 is 1.70 bits per heavy atom. The normalized spacial score (nSPS) is 13.2. The molecule has 2 atom stereocenters. The lowest BCUT2D eigenvalue weighted by molar-refractivity contribution is -0.125. The second-order valence-corrected chi connectivity index (χ2v) is 7.82. The number of halogens is 1. The van der Waals surface area contributed by atoms with Crippen LogP contribution in [0.2, 0.25) is 5.02 Å². The maximum absolute atomic E-state index is 13.2. The van der Waals surface area contributed by atoms with E-state index in [1.807, 2.05) is 97.4 Å². The van der Waals surface area contributed by atoms with Crippen molar-refractivity contribution in [3.05, 3.63) is 89.4 Å². The van der Waals surface area contributed by atoms with E-state index in [4.69, 9.17) is 16.7 Å². The average Bonchev–Trinajstić information content (AvgIpc) is 3.14. The summed E-state index contributed by atoms with van der Waals surface area (Å²) in [7, 11) is 0. The Balaban J connectivity index is 1.72. The van der Waals surface area contributed by atoms with Crippen molar-refractivity contribution in [3.63, 3.8) is 0 Å². The topological polar surface area (TPSA) is 46.9 Å². The smallest absolute Gasteiger partial charge is 0.245 e. The fraction of sp³-hybridized carbons (Fsp3) is 0.200. The molecule has 4 aromatic rings. The van der Waals surface area contributed by atoms with Crippen LogP contribution in [0.15, 0.2) is 78.9 Å². The van der Waals surface area contributed by atoms with Crippen molar-refractivity contribution in [3.8, 4) is 11.3 Å². The van der Waals surface area contributed by atoms with Crippen molar-refractivity contribution >= 4 is 28.4 Å². The molecule has 0 aliphatic carbocycles. The molecule has 0 unspecified atom stereocenters. The Morgan fingerprint density at radius 1 is 1.03 bits per heavy atom. The van der Waals surface area contributed by atoms with Crippen LogP contribution in [0.4, 0.5) is 0 Å². The number of nitrogens with zero attached hydrogens (tertiary/aromatic N) is 2. The number of rotatable bonds is 6. The van der Waals surface area contributed by atoms with E-state index >= 15 is 0 Å². The highest BCUT2D eigenvalue weighted by Gasteiger charge is 2.25. The van der Waals surface area contributed by atoms with Crippen LogP contribution in [-0.4, -0.2) is 15.7 Å². The first-order valence-corrected chi connectivity index (χ1v) is 10.5. The molecule has 4 nitrogen and oxygen atoms in total. The van der Waals surface area contributed by atoms with Gasteiger partial charge in [-0.3, -0.25) is 9.48 Å². The summed E-state index contributed by atoms with van der Waals surface area (Å²) in [6, 6.07) is 25.1. The van der Waals surface area contributed by atoms with E-state index in [-0.39, 0.29) is 11.9 Å². The summed E-state index contributed by atoms with van der Waals surface area (Å²) in [6.07, 6.45) is 0.626. The van der Waals surface area contributed by atoms with Gasteiger partial charge in [-0.25, -0.2) is 0 Å². The molecule has 0 saturated heterocycles. The van der Waals surface area contributed by atoms with Crippen LogP contribution in [0.1, 0.15) is 37.9 Å². The average molecular weight is 418 g/mol. The predicted octanol–water partition coefficient (Wildman–Crippen LogP) is 6.19. The van der Waals surface area contributed by atoms with Crippen LogP contribution >= 0.6 is 11.6 Å². The van der Waals surface area contributed by atoms with E-state index < -0.39 is 6.04 Å². The maximum atomic E-state index is 13.2. The van der Waals surface area contributed by atoms with E-state index in [0.717, 1.165) is 27.7 Å². The second-order valence-electron chi connectivity index (χ2n) is 7.39. The molecule has 0 saturated carbocycles. The first kappa shape index (κ1) is 20.2. The zero-order valence-electron chi connectivity index (χ0n) is 17.0. The van der Waals surface area contributed by atoms with Crippen LogP contribution < -0.4 is 5.32 Å². The summed E-state index contributed by atoms with van der Waals surface area (Å²) in [6.45, 7) is 4.00. The second kappa shape index (κ2) is 8.72. The van der Waals surface area contributed by atoms with Crippen LogP contribution in [0, 0.1) is 0 Å². The molecule has 1 aromatic heterocycles. The summed E-state index contributed by atoms with van der Waals surface area (Å²) < 4.78 is 1.83. The summed E-state index contributed by atoms with van der Waals surface area (Å²) >= 11 is 6.28. The lowest BCUT2D eigenvalue weighted by atomic mass is 10.1. The van der Waals surface area contributed by atoms with E-state index in [0.29, 0.717) is 11.4 Å². The number of carbonyl (C=O) groups is 1. The zero-order valence-corrected chi connectivity index (χ0v) is 17.8. The van der Waals surface area contributed by atoms with Crippen LogP contribution in [0.3, 0.4) is 0 Å². The Morgan fingerprint density at radius 3 is 2.37 bits per heavy atom. The highest BCUT2D eigenvalue weighted by molar-refractivity contribution is 6.31. The number of carbonyl (C=O) groups excluding carboxylic acids is 1. The molecule has 3 aromatic carbocycles. The third kappa shape index (κ3) is 3.96. The van der Waals surface area contributed by atoms with Gasteiger partial charge in [0.1, 0.15) is 11.7 Å². The number of aromatic nitrogens is 2. The summed E-state index contributed by atoms with van der Waals surface area (Å²) in [5.74, 6) is -0.0483. The minimum Gasteiger partial charge on any atom is -0.348 e. The van der Waals surface area contributed by atoms with Gasteiger partial charge in [-0.05, 0) is 37.1 Å². The van der Waals surface area contributed by atoms with E-state index in [1.165, 1.54) is 0 Å². The number of fused-ring (bicyclic) bond motifs is 1. The molecule has 152 valence electrons. The number of amides is 1. The highest BCUT2D eigenvalue weighted by atomic mass is 35.5. The van der Waals surface area contributed by atoms with Crippen molar-refractivity contribution in [2.75, 3.05) is 0 Å². The Kier molecular flexibility index (Phi) is 5.86. The molecule has 0 aliphatic heterocycles. The molecule has 0 bridgehead atoms. The van der Waals surface area contributed by atoms with Crippen molar-refractivity contribution in [1.82, 2.24) is 15.1 Å². The van der Waals surface area contributed by atoms with Crippen LogP contribution in [-0.2, 0) is 4.79 Å². The van der Waals surface area contributed by atoms with Crippen molar-refractivity contribution < 1.29 is 4.79 Å². The Hall–Kier alpha value is -3.11. The maximum Gasteiger partial charge on any atom is 0.245 e. The predicted molar refractivity (Wildman–Crippen MR) is 123 cm³/mol. The van der Waals surface area contributed by atoms with Gasteiger partial charge in [0, 0.05) is 16.0 Å². The van der Waals surface area contributed by atoms with Crippen LogP contribution in [0.5, 0.6) is 0 Å². The third-order valence-electron chi connectivity index (χ3n) is 5.36. The van der Waals surface area contributed by atoms with Crippen molar-refractivity contribution in [1.29, 1.82) is 0 Å². The minimum absolute atomic E-state index is 0.0483. The number of hydrogen-bond donors (Lipinski definition) is 1. The molecular weight excluding hydrogens is 394 g/mol. The first-order chi connectivity index (χ1) is 14.6. The molecule has 1 N–H and O–H groups in total. The molecule has 0 fully saturated rings. The van der Waals surface area contributed by atoms with E-state index in [1.54, 1.807) is 0 Å². The largest absolute Gasteiger partial charge is 0.348 e. The van der Waals surface area contributed by atoms with Gasteiger partial charge < -0.3 is 5.32 Å². The van der Waals surface area contributed by atoms with Gasteiger partial charge in [0.05, 0.1) is 11.6 Å². The number of nitrogens with one attached hydrogen (secondary N) is 1. The SMILES string of the molecule is CC[C@@H](C(=O)N[C@H](C)c1ccccc1)n1nc(-c2ccccc2)c2cc(Cl)ccc21. The van der Waals surface area contributed by atoms with Gasteiger partial charge in [0.2, 0.25) is 5.91 Å². The molecule has 1 heterocycles. The van der Waals surface area contributed by atoms with E-state index in [2.05, 4.69) is 5.32 Å². The molecular formula is C25H24ClN3O. The lowest BCUT2D eigenvalue weighted by Crippen LogP contribution is -2.34. The minimum atomic E-state index is -0.419.